The number of unbranched alkanes of at least 4 members (excludes halogenated alkanes) is 13. The number of nitrogens with one attached hydrogen (secondary N) is 1. The van der Waals surface area contributed by atoms with Crippen molar-refractivity contribution in [1.29, 1.82) is 0 Å². The minimum absolute atomic E-state index is 0.198. The van der Waals surface area contributed by atoms with Crippen LogP contribution in [0, 0.1) is 0 Å². The Balaban J connectivity index is 1.54. The van der Waals surface area contributed by atoms with Gasteiger partial charge in [0.2, 0.25) is 5.91 Å². The van der Waals surface area contributed by atoms with Crippen molar-refractivity contribution in [3.05, 3.63) is 59.9 Å². The molecule has 0 bridgehead atoms. The third-order valence-electron chi connectivity index (χ3n) is 8.82. The fourth-order valence-electron chi connectivity index (χ4n) is 5.71. The summed E-state index contributed by atoms with van der Waals surface area (Å²) in [6.45, 7) is 2.73. The Morgan fingerprint density at radius 3 is 1.83 bits per heavy atom. The Morgan fingerprint density at radius 2 is 1.28 bits per heavy atom. The summed E-state index contributed by atoms with van der Waals surface area (Å²) in [4.78, 5) is 14.6. The maximum Gasteiger partial charge on any atom is 0.220 e. The van der Waals surface area contributed by atoms with E-state index in [2.05, 4.69) is 82.7 Å². The zero-order valence-electron chi connectivity index (χ0n) is 29.1. The molecule has 0 saturated heterocycles. The molecule has 0 fully saturated rings. The third kappa shape index (κ3) is 17.3. The van der Waals surface area contributed by atoms with Crippen molar-refractivity contribution in [3.63, 3.8) is 0 Å². The van der Waals surface area contributed by atoms with Crippen molar-refractivity contribution in [2.75, 3.05) is 25.6 Å². The molecule has 0 spiro atoms. The molecule has 2 rings (SSSR count). The number of anilines is 1. The highest BCUT2D eigenvalue weighted by Crippen LogP contribution is 2.16. The molecule has 7 heteroatoms. The van der Waals surface area contributed by atoms with Gasteiger partial charge in [0.15, 0.2) is 12.4 Å². The summed E-state index contributed by atoms with van der Waals surface area (Å²) in [6.07, 6.45) is 24.6. The molecule has 1 amide bonds. The van der Waals surface area contributed by atoms with Crippen LogP contribution in [0.25, 0.3) is 12.2 Å². The molecule has 0 aliphatic heterocycles. The summed E-state index contributed by atoms with van der Waals surface area (Å²) < 4.78 is 2.15. The molecule has 3 atom stereocenters. The van der Waals surface area contributed by atoms with Crippen LogP contribution in [-0.2, 0) is 11.3 Å². The SMILES string of the molecule is CCCCCCCCCCCCCC[C@@H](O)[C@H](O)[C@H](CO)NC(=O)CCCCC[n+]1ccc(/C=C/c2ccc(N(C)C)cc2)cc1. The van der Waals surface area contributed by atoms with Crippen molar-refractivity contribution in [2.45, 2.75) is 141 Å². The van der Waals surface area contributed by atoms with Gasteiger partial charge >= 0.3 is 0 Å². The van der Waals surface area contributed by atoms with E-state index in [1.807, 2.05) is 14.1 Å². The number of carbonyl (C=O) groups excluding carboxylic acids is 1. The van der Waals surface area contributed by atoms with Crippen molar-refractivity contribution >= 4 is 23.7 Å². The average Bonchev–Trinajstić information content (AvgIpc) is 3.06. The van der Waals surface area contributed by atoms with Gasteiger partial charge in [0.1, 0.15) is 12.6 Å². The van der Waals surface area contributed by atoms with E-state index in [4.69, 9.17) is 0 Å². The van der Waals surface area contributed by atoms with Crippen molar-refractivity contribution < 1.29 is 24.7 Å². The van der Waals surface area contributed by atoms with Gasteiger partial charge in [-0.3, -0.25) is 4.79 Å². The van der Waals surface area contributed by atoms with E-state index in [0.717, 1.165) is 56.2 Å². The van der Waals surface area contributed by atoms with Crippen LogP contribution in [0.3, 0.4) is 0 Å². The quantitative estimate of drug-likeness (QED) is 0.0654. The zero-order valence-corrected chi connectivity index (χ0v) is 29.1. The van der Waals surface area contributed by atoms with E-state index in [-0.39, 0.29) is 5.91 Å². The highest BCUT2D eigenvalue weighted by molar-refractivity contribution is 5.76. The zero-order chi connectivity index (χ0) is 33.4. The lowest BCUT2D eigenvalue weighted by Crippen LogP contribution is -2.50. The first-order valence-electron chi connectivity index (χ1n) is 18.0. The lowest BCUT2D eigenvalue weighted by molar-refractivity contribution is -0.697. The molecule has 0 aliphatic rings. The van der Waals surface area contributed by atoms with Crippen LogP contribution >= 0.6 is 0 Å². The Hall–Kier alpha value is -2.74. The Morgan fingerprint density at radius 1 is 0.761 bits per heavy atom. The number of nitrogens with zero attached hydrogens (tertiary/aromatic N) is 2. The van der Waals surface area contributed by atoms with E-state index >= 15 is 0 Å². The summed E-state index contributed by atoms with van der Waals surface area (Å²) in [5.41, 5.74) is 3.49. The van der Waals surface area contributed by atoms with Crippen LogP contribution in [0.15, 0.2) is 48.8 Å². The molecule has 0 saturated carbocycles. The van der Waals surface area contributed by atoms with Gasteiger partial charge in [0.05, 0.1) is 18.8 Å². The van der Waals surface area contributed by atoms with Crippen molar-refractivity contribution in [2.24, 2.45) is 0 Å². The Kier molecular flexibility index (Phi) is 21.0. The lowest BCUT2D eigenvalue weighted by Gasteiger charge is -2.26. The molecule has 46 heavy (non-hydrogen) atoms. The molecule has 2 aromatic rings. The summed E-state index contributed by atoms with van der Waals surface area (Å²) in [6, 6.07) is 11.8. The third-order valence-corrected chi connectivity index (χ3v) is 8.82. The maximum atomic E-state index is 12.5. The molecule has 0 unspecified atom stereocenters. The summed E-state index contributed by atoms with van der Waals surface area (Å²) in [7, 11) is 4.07. The largest absolute Gasteiger partial charge is 0.394 e. The first-order valence-corrected chi connectivity index (χ1v) is 18.0. The maximum absolute atomic E-state index is 12.5. The average molecular weight is 639 g/mol. The van der Waals surface area contributed by atoms with Crippen LogP contribution in [0.4, 0.5) is 5.69 Å². The van der Waals surface area contributed by atoms with Gasteiger partial charge in [-0.15, -0.1) is 0 Å². The van der Waals surface area contributed by atoms with Crippen LogP contribution in [0.5, 0.6) is 0 Å². The first kappa shape index (κ1) is 39.4. The molecular formula is C39H64N3O4+. The number of aliphatic hydroxyl groups excluding tert-OH is 3. The molecule has 1 aromatic heterocycles. The van der Waals surface area contributed by atoms with E-state index in [0.29, 0.717) is 12.8 Å². The first-order chi connectivity index (χ1) is 22.3. The van der Waals surface area contributed by atoms with Gasteiger partial charge < -0.3 is 25.5 Å². The van der Waals surface area contributed by atoms with Crippen LogP contribution in [0.1, 0.15) is 127 Å². The highest BCUT2D eigenvalue weighted by atomic mass is 16.3. The number of aliphatic hydroxyl groups is 3. The number of rotatable bonds is 26. The predicted octanol–water partition coefficient (Wildman–Crippen LogP) is 7.06. The standard InChI is InChI=1S/C39H63N3O4/c1-4-5-6-7-8-9-10-11-12-13-14-16-19-37(44)39(46)36(32-43)40-38(45)20-17-15-18-29-42-30-27-34(28-31-42)22-21-33-23-25-35(26-24-33)41(2)3/h21-28,30-31,36-37,39,43-44,46H,4-20,29,32H2,1-3H3/p+1/t36-,37+,39+/m0/s1. The molecule has 4 N–H and O–H groups in total. The monoisotopic (exact) mass is 638 g/mol. The Bertz CT molecular complexity index is 1070. The number of carbonyl (C=O) groups is 1. The number of pyridine rings is 1. The van der Waals surface area contributed by atoms with Crippen molar-refractivity contribution in [3.8, 4) is 0 Å². The molecule has 7 nitrogen and oxygen atoms in total. The normalized spacial score (nSPS) is 13.5. The van der Waals surface area contributed by atoms with Crippen LogP contribution in [0.2, 0.25) is 0 Å². The number of amides is 1. The molecular weight excluding hydrogens is 574 g/mol. The van der Waals surface area contributed by atoms with Gasteiger partial charge in [0, 0.05) is 44.8 Å². The second kappa shape index (κ2) is 24.4. The number of aromatic nitrogens is 1. The van der Waals surface area contributed by atoms with E-state index < -0.39 is 24.9 Å². The summed E-state index contributed by atoms with van der Waals surface area (Å²) >= 11 is 0. The molecule has 1 aromatic carbocycles. The Labute approximate surface area is 279 Å². The van der Waals surface area contributed by atoms with E-state index in [1.165, 1.54) is 63.5 Å². The number of hydrogen-bond donors (Lipinski definition) is 4. The minimum Gasteiger partial charge on any atom is -0.394 e. The smallest absolute Gasteiger partial charge is 0.220 e. The number of hydrogen-bond acceptors (Lipinski definition) is 5. The van der Waals surface area contributed by atoms with Crippen molar-refractivity contribution in [1.82, 2.24) is 5.32 Å². The molecule has 258 valence electrons. The van der Waals surface area contributed by atoms with Gasteiger partial charge in [-0.05, 0) is 42.5 Å². The van der Waals surface area contributed by atoms with Crippen LogP contribution in [-0.4, -0.2) is 60.2 Å². The summed E-state index contributed by atoms with van der Waals surface area (Å²) in [5, 5.41) is 33.5. The van der Waals surface area contributed by atoms with Gasteiger partial charge in [-0.1, -0.05) is 108 Å². The number of benzene rings is 1. The lowest BCUT2D eigenvalue weighted by atomic mass is 9.99. The minimum atomic E-state index is -1.17. The highest BCUT2D eigenvalue weighted by Gasteiger charge is 2.26. The molecule has 0 aliphatic carbocycles. The van der Waals surface area contributed by atoms with Gasteiger partial charge in [-0.2, -0.15) is 0 Å². The summed E-state index contributed by atoms with van der Waals surface area (Å²) in [5.74, 6) is -0.198. The fraction of sp³-hybridized carbons (Fsp3) is 0.641. The second-order valence-electron chi connectivity index (χ2n) is 13.1. The van der Waals surface area contributed by atoms with E-state index in [1.54, 1.807) is 0 Å². The van der Waals surface area contributed by atoms with Gasteiger partial charge in [0.25, 0.3) is 0 Å². The van der Waals surface area contributed by atoms with Gasteiger partial charge in [-0.25, -0.2) is 4.57 Å². The molecule has 0 radical (unpaired) electrons. The fourth-order valence-corrected chi connectivity index (χ4v) is 5.71. The number of aryl methyl sites for hydroxylation is 1. The van der Waals surface area contributed by atoms with E-state index in [9.17, 15) is 20.1 Å². The van der Waals surface area contributed by atoms with Crippen LogP contribution < -0.4 is 14.8 Å². The predicted molar refractivity (Wildman–Crippen MR) is 192 cm³/mol. The topological polar surface area (TPSA) is 96.9 Å². The second-order valence-corrected chi connectivity index (χ2v) is 13.1. The molecule has 1 heterocycles.